The van der Waals surface area contributed by atoms with Gasteiger partial charge in [0.1, 0.15) is 6.04 Å². The number of nitrogens with zero attached hydrogens (tertiary/aromatic N) is 1. The van der Waals surface area contributed by atoms with E-state index in [1.54, 1.807) is 25.1 Å². The number of carboxylic acids is 1. The van der Waals surface area contributed by atoms with Crippen LogP contribution in [0.4, 0.5) is 0 Å². The fourth-order valence-corrected chi connectivity index (χ4v) is 4.66. The molecule has 0 saturated carbocycles. The van der Waals surface area contributed by atoms with Crippen LogP contribution >= 0.6 is 0 Å². The van der Waals surface area contributed by atoms with E-state index in [9.17, 15) is 18.3 Å². The molecule has 1 unspecified atom stereocenters. The summed E-state index contributed by atoms with van der Waals surface area (Å²) in [4.78, 5) is 11.9. The Bertz CT molecular complexity index is 680. The minimum absolute atomic E-state index is 0.156. The Hall–Kier alpha value is -1.44. The second-order valence-corrected chi connectivity index (χ2v) is 7.99. The highest BCUT2D eigenvalue weighted by molar-refractivity contribution is 7.89. The second kappa shape index (κ2) is 6.98. The molecule has 1 fully saturated rings. The molecular formula is C16H23NO5S. The van der Waals surface area contributed by atoms with Crippen LogP contribution < -0.4 is 0 Å². The Balaban J connectivity index is 2.37. The van der Waals surface area contributed by atoms with E-state index in [1.807, 2.05) is 6.92 Å². The Morgan fingerprint density at radius 1 is 1.30 bits per heavy atom. The maximum atomic E-state index is 12.9. The fraction of sp³-hybridized carbons (Fsp3) is 0.562. The Morgan fingerprint density at radius 2 is 1.91 bits per heavy atom. The predicted molar refractivity (Wildman–Crippen MR) is 85.8 cm³/mol. The molecular weight excluding hydrogens is 318 g/mol. The van der Waals surface area contributed by atoms with Crippen LogP contribution in [0.15, 0.2) is 23.1 Å². The number of hydrogen-bond donors (Lipinski definition) is 1. The molecule has 1 aromatic carbocycles. The molecule has 1 N–H and O–H groups in total. The normalized spacial score (nSPS) is 18.1. The first-order valence-electron chi connectivity index (χ1n) is 7.61. The van der Waals surface area contributed by atoms with Crippen LogP contribution in [0.1, 0.15) is 24.0 Å². The summed E-state index contributed by atoms with van der Waals surface area (Å²) >= 11 is 0. The molecule has 0 spiro atoms. The molecule has 128 valence electrons. The minimum atomic E-state index is -3.87. The maximum absolute atomic E-state index is 12.9. The number of sulfonamides is 1. The summed E-state index contributed by atoms with van der Waals surface area (Å²) in [6.45, 7) is 4.53. The summed E-state index contributed by atoms with van der Waals surface area (Å²) in [5.74, 6) is -1.36. The number of ether oxygens (including phenoxy) is 1. The number of aryl methyl sites for hydroxylation is 2. The third kappa shape index (κ3) is 3.73. The van der Waals surface area contributed by atoms with Gasteiger partial charge in [-0.15, -0.1) is 0 Å². The van der Waals surface area contributed by atoms with Crippen LogP contribution in [0.2, 0.25) is 0 Å². The van der Waals surface area contributed by atoms with Crippen LogP contribution in [-0.4, -0.2) is 50.1 Å². The van der Waals surface area contributed by atoms with Crippen molar-refractivity contribution in [1.82, 2.24) is 4.31 Å². The molecule has 0 amide bonds. The predicted octanol–water partition coefficient (Wildman–Crippen LogP) is 1.80. The zero-order valence-corrected chi connectivity index (χ0v) is 14.5. The smallest absolute Gasteiger partial charge is 0.322 e. The number of aliphatic carboxylic acids is 1. The highest BCUT2D eigenvalue weighted by Crippen LogP contribution is 2.28. The Morgan fingerprint density at radius 3 is 2.43 bits per heavy atom. The molecule has 0 aromatic heterocycles. The van der Waals surface area contributed by atoms with E-state index >= 15 is 0 Å². The van der Waals surface area contributed by atoms with Crippen molar-refractivity contribution in [3.8, 4) is 0 Å². The SMILES string of the molecule is Cc1ccc(S(=O)(=O)N(C)C(C(=O)O)C2CCOCC2)c(C)c1. The van der Waals surface area contributed by atoms with Crippen molar-refractivity contribution in [1.29, 1.82) is 0 Å². The van der Waals surface area contributed by atoms with E-state index < -0.39 is 22.0 Å². The minimum Gasteiger partial charge on any atom is -0.480 e. The largest absolute Gasteiger partial charge is 0.480 e. The third-order valence-corrected chi connectivity index (χ3v) is 6.34. The average Bonchev–Trinajstić information content (AvgIpc) is 2.47. The topological polar surface area (TPSA) is 83.9 Å². The molecule has 1 aliphatic heterocycles. The van der Waals surface area contributed by atoms with E-state index in [4.69, 9.17) is 4.74 Å². The van der Waals surface area contributed by atoms with Crippen molar-refractivity contribution in [3.63, 3.8) is 0 Å². The summed E-state index contributed by atoms with van der Waals surface area (Å²) in [6.07, 6.45) is 1.09. The number of benzene rings is 1. The van der Waals surface area contributed by atoms with Crippen LogP contribution in [0.5, 0.6) is 0 Å². The summed E-state index contributed by atoms with van der Waals surface area (Å²) in [6, 6.07) is 3.96. The van der Waals surface area contributed by atoms with Crippen LogP contribution in [0, 0.1) is 19.8 Å². The molecule has 0 aliphatic carbocycles. The zero-order valence-electron chi connectivity index (χ0n) is 13.7. The second-order valence-electron chi connectivity index (χ2n) is 6.02. The van der Waals surface area contributed by atoms with Gasteiger partial charge in [-0.25, -0.2) is 8.42 Å². The van der Waals surface area contributed by atoms with E-state index in [1.165, 1.54) is 7.05 Å². The van der Waals surface area contributed by atoms with Crippen molar-refractivity contribution in [2.24, 2.45) is 5.92 Å². The lowest BCUT2D eigenvalue weighted by atomic mass is 9.92. The number of rotatable bonds is 5. The van der Waals surface area contributed by atoms with Crippen molar-refractivity contribution in [3.05, 3.63) is 29.3 Å². The zero-order chi connectivity index (χ0) is 17.2. The van der Waals surface area contributed by atoms with Gasteiger partial charge in [-0.05, 0) is 44.2 Å². The molecule has 0 bridgehead atoms. The van der Waals surface area contributed by atoms with Gasteiger partial charge >= 0.3 is 5.97 Å². The fourth-order valence-electron chi connectivity index (χ4n) is 3.08. The van der Waals surface area contributed by atoms with Crippen molar-refractivity contribution >= 4 is 16.0 Å². The van der Waals surface area contributed by atoms with Gasteiger partial charge in [-0.2, -0.15) is 4.31 Å². The van der Waals surface area contributed by atoms with E-state index in [-0.39, 0.29) is 10.8 Å². The molecule has 1 saturated heterocycles. The number of carboxylic acid groups (broad SMARTS) is 1. The summed E-state index contributed by atoms with van der Waals surface area (Å²) in [5, 5.41) is 9.57. The van der Waals surface area contributed by atoms with E-state index in [0.717, 1.165) is 9.87 Å². The van der Waals surface area contributed by atoms with Gasteiger partial charge in [0, 0.05) is 20.3 Å². The van der Waals surface area contributed by atoms with Crippen molar-refractivity contribution in [2.75, 3.05) is 20.3 Å². The van der Waals surface area contributed by atoms with Crippen LogP contribution in [-0.2, 0) is 19.6 Å². The number of hydrogen-bond acceptors (Lipinski definition) is 4. The van der Waals surface area contributed by atoms with Gasteiger partial charge in [0.05, 0.1) is 4.90 Å². The van der Waals surface area contributed by atoms with Gasteiger partial charge in [-0.3, -0.25) is 4.79 Å². The Kier molecular flexibility index (Phi) is 5.44. The van der Waals surface area contributed by atoms with Gasteiger partial charge in [0.25, 0.3) is 0 Å². The molecule has 6 nitrogen and oxygen atoms in total. The van der Waals surface area contributed by atoms with Gasteiger partial charge in [0.15, 0.2) is 0 Å². The highest BCUT2D eigenvalue weighted by Gasteiger charge is 2.39. The maximum Gasteiger partial charge on any atom is 0.322 e. The summed E-state index contributed by atoms with van der Waals surface area (Å²) in [7, 11) is -2.52. The molecule has 1 aliphatic rings. The quantitative estimate of drug-likeness (QED) is 0.883. The highest BCUT2D eigenvalue weighted by atomic mass is 32.2. The molecule has 0 radical (unpaired) electrons. The average molecular weight is 341 g/mol. The van der Waals surface area contributed by atoms with Gasteiger partial charge in [0.2, 0.25) is 10.0 Å². The van der Waals surface area contributed by atoms with Crippen molar-refractivity contribution < 1.29 is 23.1 Å². The lowest BCUT2D eigenvalue weighted by Crippen LogP contribution is -2.48. The molecule has 1 heterocycles. The monoisotopic (exact) mass is 341 g/mol. The van der Waals surface area contributed by atoms with Crippen molar-refractivity contribution in [2.45, 2.75) is 37.6 Å². The third-order valence-electron chi connectivity index (χ3n) is 4.34. The number of likely N-dealkylation sites (N-methyl/N-ethyl adjacent to an activating group) is 1. The lowest BCUT2D eigenvalue weighted by molar-refractivity contribution is -0.144. The summed E-state index contributed by atoms with van der Waals surface area (Å²) in [5.41, 5.74) is 1.58. The van der Waals surface area contributed by atoms with Gasteiger partial charge < -0.3 is 9.84 Å². The van der Waals surface area contributed by atoms with E-state index in [2.05, 4.69) is 0 Å². The van der Waals surface area contributed by atoms with E-state index in [0.29, 0.717) is 31.6 Å². The molecule has 7 heteroatoms. The van der Waals surface area contributed by atoms with Crippen LogP contribution in [0.3, 0.4) is 0 Å². The van der Waals surface area contributed by atoms with Crippen LogP contribution in [0.25, 0.3) is 0 Å². The molecule has 2 rings (SSSR count). The van der Waals surface area contributed by atoms with Gasteiger partial charge in [-0.1, -0.05) is 17.7 Å². The first kappa shape index (κ1) is 17.9. The first-order chi connectivity index (χ1) is 10.7. The first-order valence-corrected chi connectivity index (χ1v) is 9.05. The Labute approximate surface area is 137 Å². The molecule has 1 aromatic rings. The summed E-state index contributed by atoms with van der Waals surface area (Å²) < 4.78 is 32.0. The lowest BCUT2D eigenvalue weighted by Gasteiger charge is -2.33. The molecule has 1 atom stereocenters. The number of carbonyl (C=O) groups is 1. The molecule has 23 heavy (non-hydrogen) atoms. The standard InChI is InChI=1S/C16H23NO5S/c1-11-4-5-14(12(2)10-11)23(20,21)17(3)15(16(18)19)13-6-8-22-9-7-13/h4-5,10,13,15H,6-9H2,1-3H3,(H,18,19).